The highest BCUT2D eigenvalue weighted by atomic mass is 32.1. The van der Waals surface area contributed by atoms with E-state index in [0.717, 1.165) is 10.7 Å². The van der Waals surface area contributed by atoms with Crippen LogP contribution in [-0.4, -0.2) is 34.6 Å². The van der Waals surface area contributed by atoms with E-state index < -0.39 is 5.97 Å². The zero-order valence-electron chi connectivity index (χ0n) is 10.1. The van der Waals surface area contributed by atoms with Crippen molar-refractivity contribution in [3.63, 3.8) is 0 Å². The van der Waals surface area contributed by atoms with Crippen LogP contribution in [0.15, 0.2) is 5.38 Å². The Hall–Kier alpha value is -0.940. The first-order chi connectivity index (χ1) is 7.29. The van der Waals surface area contributed by atoms with E-state index in [1.165, 1.54) is 0 Å². The number of rotatable bonds is 4. The Bertz CT molecular complexity index is 368. The van der Waals surface area contributed by atoms with Gasteiger partial charge < -0.3 is 5.11 Å². The monoisotopic (exact) mass is 242 g/mol. The first-order valence-corrected chi connectivity index (χ1v) is 6.02. The summed E-state index contributed by atoms with van der Waals surface area (Å²) in [4.78, 5) is 16.8. The van der Waals surface area contributed by atoms with Crippen molar-refractivity contribution >= 4 is 17.3 Å². The minimum atomic E-state index is -0.810. The Morgan fingerprint density at radius 2 is 2.19 bits per heavy atom. The SMILES string of the molecule is CN(CC(=O)O)Cc1nc(C(C)(C)C)cs1. The first kappa shape index (κ1) is 13.1. The highest BCUT2D eigenvalue weighted by Gasteiger charge is 2.18. The second-order valence-electron chi connectivity index (χ2n) is 4.94. The molecule has 0 atom stereocenters. The molecule has 0 saturated carbocycles. The molecule has 0 aliphatic rings. The lowest BCUT2D eigenvalue weighted by molar-refractivity contribution is -0.138. The molecule has 0 amide bonds. The van der Waals surface area contributed by atoms with Crippen LogP contribution in [0.3, 0.4) is 0 Å². The Labute approximate surface area is 99.9 Å². The third kappa shape index (κ3) is 3.90. The molecule has 1 aromatic rings. The number of aliphatic carboxylic acids is 1. The van der Waals surface area contributed by atoms with Crippen molar-refractivity contribution in [1.29, 1.82) is 0 Å². The van der Waals surface area contributed by atoms with Gasteiger partial charge in [0.1, 0.15) is 5.01 Å². The number of carboxylic acid groups (broad SMARTS) is 1. The Kier molecular flexibility index (Phi) is 4.04. The summed E-state index contributed by atoms with van der Waals surface area (Å²) in [6.07, 6.45) is 0. The van der Waals surface area contributed by atoms with Crippen LogP contribution in [0.5, 0.6) is 0 Å². The molecule has 0 saturated heterocycles. The fraction of sp³-hybridized carbons (Fsp3) is 0.636. The number of likely N-dealkylation sites (N-methyl/N-ethyl adjacent to an activating group) is 1. The van der Waals surface area contributed by atoms with Crippen molar-refractivity contribution in [3.8, 4) is 0 Å². The van der Waals surface area contributed by atoms with Crippen LogP contribution in [-0.2, 0) is 16.8 Å². The van der Waals surface area contributed by atoms with Gasteiger partial charge in [-0.2, -0.15) is 0 Å². The van der Waals surface area contributed by atoms with Crippen LogP contribution in [0.4, 0.5) is 0 Å². The third-order valence-electron chi connectivity index (χ3n) is 2.13. The number of hydrogen-bond donors (Lipinski definition) is 1. The summed E-state index contributed by atoms with van der Waals surface area (Å²) in [5.74, 6) is -0.810. The summed E-state index contributed by atoms with van der Waals surface area (Å²) >= 11 is 1.59. The van der Waals surface area contributed by atoms with Crippen molar-refractivity contribution in [2.75, 3.05) is 13.6 Å². The standard InChI is InChI=1S/C11H18N2O2S/c1-11(2,3)8-7-16-9(12-8)5-13(4)6-10(14)15/h7H,5-6H2,1-4H3,(H,14,15). The van der Waals surface area contributed by atoms with Crippen LogP contribution in [0.1, 0.15) is 31.5 Å². The van der Waals surface area contributed by atoms with Gasteiger partial charge in [0, 0.05) is 10.8 Å². The normalized spacial score (nSPS) is 12.1. The van der Waals surface area contributed by atoms with E-state index in [2.05, 4.69) is 25.8 Å². The van der Waals surface area contributed by atoms with Crippen molar-refractivity contribution < 1.29 is 9.90 Å². The van der Waals surface area contributed by atoms with E-state index in [1.807, 2.05) is 5.38 Å². The summed E-state index contributed by atoms with van der Waals surface area (Å²) in [5, 5.41) is 11.6. The van der Waals surface area contributed by atoms with Crippen LogP contribution in [0.2, 0.25) is 0 Å². The largest absolute Gasteiger partial charge is 0.480 e. The molecule has 0 bridgehead atoms. The van der Waals surface area contributed by atoms with Gasteiger partial charge in [-0.15, -0.1) is 11.3 Å². The molecular weight excluding hydrogens is 224 g/mol. The summed E-state index contributed by atoms with van der Waals surface area (Å²) in [5.41, 5.74) is 1.12. The van der Waals surface area contributed by atoms with Crippen molar-refractivity contribution in [3.05, 3.63) is 16.1 Å². The summed E-state index contributed by atoms with van der Waals surface area (Å²) in [6.45, 7) is 6.99. The fourth-order valence-electron chi connectivity index (χ4n) is 1.25. The van der Waals surface area contributed by atoms with E-state index >= 15 is 0 Å². The van der Waals surface area contributed by atoms with E-state index in [0.29, 0.717) is 6.54 Å². The van der Waals surface area contributed by atoms with Crippen LogP contribution < -0.4 is 0 Å². The lowest BCUT2D eigenvalue weighted by Crippen LogP contribution is -2.25. The average Bonchev–Trinajstić information content (AvgIpc) is 2.49. The zero-order valence-corrected chi connectivity index (χ0v) is 11.0. The number of carboxylic acids is 1. The van der Waals surface area contributed by atoms with Crippen LogP contribution in [0, 0.1) is 0 Å². The summed E-state index contributed by atoms with van der Waals surface area (Å²) in [7, 11) is 1.78. The van der Waals surface area contributed by atoms with Crippen molar-refractivity contribution in [1.82, 2.24) is 9.88 Å². The summed E-state index contributed by atoms with van der Waals surface area (Å²) in [6, 6.07) is 0. The molecule has 0 spiro atoms. The van der Waals surface area contributed by atoms with Gasteiger partial charge in [0.15, 0.2) is 0 Å². The molecule has 16 heavy (non-hydrogen) atoms. The maximum atomic E-state index is 10.5. The van der Waals surface area contributed by atoms with Gasteiger partial charge in [0.2, 0.25) is 0 Å². The Morgan fingerprint density at radius 3 is 2.62 bits per heavy atom. The van der Waals surface area contributed by atoms with Gasteiger partial charge in [-0.1, -0.05) is 20.8 Å². The van der Waals surface area contributed by atoms with Gasteiger partial charge >= 0.3 is 5.97 Å². The maximum Gasteiger partial charge on any atom is 0.317 e. The molecule has 0 aliphatic carbocycles. The molecule has 0 radical (unpaired) electrons. The number of hydrogen-bond acceptors (Lipinski definition) is 4. The predicted molar refractivity (Wildman–Crippen MR) is 64.8 cm³/mol. The molecule has 1 heterocycles. The van der Waals surface area contributed by atoms with Gasteiger partial charge in [-0.25, -0.2) is 4.98 Å². The number of nitrogens with zero attached hydrogens (tertiary/aromatic N) is 2. The molecule has 1 rings (SSSR count). The number of carbonyl (C=O) groups is 1. The summed E-state index contributed by atoms with van der Waals surface area (Å²) < 4.78 is 0. The smallest absolute Gasteiger partial charge is 0.317 e. The predicted octanol–water partition coefficient (Wildman–Crippen LogP) is 1.96. The molecule has 90 valence electrons. The second-order valence-corrected chi connectivity index (χ2v) is 5.89. The van der Waals surface area contributed by atoms with Crippen molar-refractivity contribution in [2.24, 2.45) is 0 Å². The molecule has 0 fully saturated rings. The molecular formula is C11H18N2O2S. The Morgan fingerprint density at radius 1 is 1.56 bits per heavy atom. The zero-order chi connectivity index (χ0) is 12.3. The lowest BCUT2D eigenvalue weighted by Gasteiger charge is -2.15. The number of aromatic nitrogens is 1. The van der Waals surface area contributed by atoms with Crippen molar-refractivity contribution in [2.45, 2.75) is 32.7 Å². The minimum Gasteiger partial charge on any atom is -0.480 e. The molecule has 1 N–H and O–H groups in total. The van der Waals surface area contributed by atoms with Crippen LogP contribution >= 0.6 is 11.3 Å². The van der Waals surface area contributed by atoms with Gasteiger partial charge in [-0.05, 0) is 7.05 Å². The number of thiazole rings is 1. The van der Waals surface area contributed by atoms with E-state index in [-0.39, 0.29) is 12.0 Å². The topological polar surface area (TPSA) is 53.4 Å². The lowest BCUT2D eigenvalue weighted by atomic mass is 9.93. The fourth-order valence-corrected chi connectivity index (χ4v) is 2.35. The van der Waals surface area contributed by atoms with E-state index in [4.69, 9.17) is 5.11 Å². The maximum absolute atomic E-state index is 10.5. The Balaban J connectivity index is 2.62. The van der Waals surface area contributed by atoms with Crippen LogP contribution in [0.25, 0.3) is 0 Å². The quantitative estimate of drug-likeness (QED) is 0.877. The van der Waals surface area contributed by atoms with Gasteiger partial charge in [0.05, 0.1) is 18.8 Å². The van der Waals surface area contributed by atoms with Gasteiger partial charge in [0.25, 0.3) is 0 Å². The molecule has 0 aliphatic heterocycles. The highest BCUT2D eigenvalue weighted by molar-refractivity contribution is 7.09. The average molecular weight is 242 g/mol. The van der Waals surface area contributed by atoms with E-state index in [1.54, 1.807) is 23.3 Å². The minimum absolute atomic E-state index is 0.0461. The second kappa shape index (κ2) is 4.93. The van der Waals surface area contributed by atoms with Gasteiger partial charge in [-0.3, -0.25) is 9.69 Å². The highest BCUT2D eigenvalue weighted by Crippen LogP contribution is 2.24. The van der Waals surface area contributed by atoms with E-state index in [9.17, 15) is 4.79 Å². The third-order valence-corrected chi connectivity index (χ3v) is 2.96. The molecule has 0 aromatic carbocycles. The molecule has 4 nitrogen and oxygen atoms in total. The first-order valence-electron chi connectivity index (χ1n) is 5.14. The molecule has 5 heteroatoms. The molecule has 0 unspecified atom stereocenters. The molecule has 1 aromatic heterocycles.